The van der Waals surface area contributed by atoms with E-state index < -0.39 is 0 Å². The first kappa shape index (κ1) is 14.8. The van der Waals surface area contributed by atoms with Gasteiger partial charge < -0.3 is 0 Å². The Morgan fingerprint density at radius 1 is 0.750 bits per heavy atom. The number of hydrogen-bond acceptors (Lipinski definition) is 0. The van der Waals surface area contributed by atoms with Crippen molar-refractivity contribution in [3.05, 3.63) is 58.7 Å². The average molecular weight is 266 g/mol. The van der Waals surface area contributed by atoms with Gasteiger partial charge in [0.15, 0.2) is 0 Å². The molecule has 0 amide bonds. The van der Waals surface area contributed by atoms with Crippen LogP contribution in [0.4, 0.5) is 0 Å². The summed E-state index contributed by atoms with van der Waals surface area (Å²) in [5, 5.41) is 0. The van der Waals surface area contributed by atoms with E-state index in [2.05, 4.69) is 77.9 Å². The molecule has 0 fully saturated rings. The fourth-order valence-electron chi connectivity index (χ4n) is 3.11. The van der Waals surface area contributed by atoms with Gasteiger partial charge in [-0.1, -0.05) is 75.2 Å². The number of benzene rings is 2. The lowest BCUT2D eigenvalue weighted by molar-refractivity contribution is 0.792. The van der Waals surface area contributed by atoms with Gasteiger partial charge in [-0.2, -0.15) is 0 Å². The Morgan fingerprint density at radius 3 is 1.85 bits per heavy atom. The summed E-state index contributed by atoms with van der Waals surface area (Å²) in [4.78, 5) is 0. The third-order valence-electron chi connectivity index (χ3n) is 3.87. The second kappa shape index (κ2) is 5.83. The van der Waals surface area contributed by atoms with Crippen molar-refractivity contribution in [1.29, 1.82) is 0 Å². The highest BCUT2D eigenvalue weighted by molar-refractivity contribution is 5.71. The summed E-state index contributed by atoms with van der Waals surface area (Å²) in [6.45, 7) is 13.5. The van der Waals surface area contributed by atoms with E-state index in [-0.39, 0.29) is 0 Å². The Balaban J connectivity index is 2.70. The Labute approximate surface area is 123 Å². The SMILES string of the molecule is Cc1cc(C)cc(-c2cccc(C(C)C)c2C(C)C)c1. The van der Waals surface area contributed by atoms with Crippen LogP contribution in [0.15, 0.2) is 36.4 Å². The smallest absolute Gasteiger partial charge is 0.0146 e. The summed E-state index contributed by atoms with van der Waals surface area (Å²) in [5.41, 5.74) is 8.42. The predicted molar refractivity (Wildman–Crippen MR) is 89.5 cm³/mol. The molecule has 0 aliphatic rings. The summed E-state index contributed by atoms with van der Waals surface area (Å²) < 4.78 is 0. The molecule has 2 rings (SSSR count). The maximum atomic E-state index is 2.30. The van der Waals surface area contributed by atoms with E-state index in [9.17, 15) is 0 Å². The van der Waals surface area contributed by atoms with Gasteiger partial charge in [-0.25, -0.2) is 0 Å². The summed E-state index contributed by atoms with van der Waals surface area (Å²) in [7, 11) is 0. The summed E-state index contributed by atoms with van der Waals surface area (Å²) in [6.07, 6.45) is 0. The van der Waals surface area contributed by atoms with Crippen molar-refractivity contribution in [2.45, 2.75) is 53.4 Å². The molecule has 20 heavy (non-hydrogen) atoms. The first-order valence-corrected chi connectivity index (χ1v) is 7.61. The van der Waals surface area contributed by atoms with Crippen molar-refractivity contribution in [3.63, 3.8) is 0 Å². The Kier molecular flexibility index (Phi) is 4.32. The van der Waals surface area contributed by atoms with Crippen LogP contribution in [0.1, 0.15) is 61.8 Å². The van der Waals surface area contributed by atoms with E-state index in [1.54, 1.807) is 0 Å². The van der Waals surface area contributed by atoms with Gasteiger partial charge in [-0.15, -0.1) is 0 Å². The minimum Gasteiger partial charge on any atom is -0.0613 e. The van der Waals surface area contributed by atoms with Crippen LogP contribution >= 0.6 is 0 Å². The fraction of sp³-hybridized carbons (Fsp3) is 0.400. The normalized spacial score (nSPS) is 11.4. The van der Waals surface area contributed by atoms with E-state index >= 15 is 0 Å². The van der Waals surface area contributed by atoms with Crippen molar-refractivity contribution in [2.24, 2.45) is 0 Å². The molecule has 0 unspecified atom stereocenters. The van der Waals surface area contributed by atoms with Gasteiger partial charge in [0, 0.05) is 0 Å². The lowest BCUT2D eigenvalue weighted by Crippen LogP contribution is -2.01. The molecule has 0 spiro atoms. The summed E-state index contributed by atoms with van der Waals surface area (Å²) in [6, 6.07) is 13.6. The third kappa shape index (κ3) is 2.95. The van der Waals surface area contributed by atoms with Crippen LogP contribution in [-0.2, 0) is 0 Å². The van der Waals surface area contributed by atoms with Crippen LogP contribution in [0, 0.1) is 13.8 Å². The van der Waals surface area contributed by atoms with E-state index in [4.69, 9.17) is 0 Å². The van der Waals surface area contributed by atoms with Gasteiger partial charge in [0.05, 0.1) is 0 Å². The van der Waals surface area contributed by atoms with Crippen molar-refractivity contribution >= 4 is 0 Å². The first-order valence-electron chi connectivity index (χ1n) is 7.61. The fourth-order valence-corrected chi connectivity index (χ4v) is 3.11. The number of rotatable bonds is 3. The molecule has 0 atom stereocenters. The molecule has 0 aliphatic carbocycles. The second-order valence-corrected chi connectivity index (χ2v) is 6.49. The van der Waals surface area contributed by atoms with Crippen molar-refractivity contribution < 1.29 is 0 Å². The predicted octanol–water partition coefficient (Wildman–Crippen LogP) is 6.22. The maximum Gasteiger partial charge on any atom is -0.0146 e. The van der Waals surface area contributed by atoms with Gasteiger partial charge >= 0.3 is 0 Å². The van der Waals surface area contributed by atoms with Crippen LogP contribution < -0.4 is 0 Å². The van der Waals surface area contributed by atoms with Crippen molar-refractivity contribution in [3.8, 4) is 11.1 Å². The standard InChI is InChI=1S/C20H26/c1-13(2)18-8-7-9-19(20(18)14(3)4)17-11-15(5)10-16(6)12-17/h7-14H,1-6H3. The average Bonchev–Trinajstić information content (AvgIpc) is 2.36. The van der Waals surface area contributed by atoms with Crippen LogP contribution in [0.3, 0.4) is 0 Å². The quantitative estimate of drug-likeness (QED) is 0.619. The number of aryl methyl sites for hydroxylation is 2. The van der Waals surface area contributed by atoms with Crippen LogP contribution in [0.25, 0.3) is 11.1 Å². The highest BCUT2D eigenvalue weighted by Gasteiger charge is 2.15. The van der Waals surface area contributed by atoms with Gasteiger partial charge in [0.1, 0.15) is 0 Å². The first-order chi connectivity index (χ1) is 9.40. The molecule has 2 aromatic rings. The highest BCUT2D eigenvalue weighted by atomic mass is 14.2. The van der Waals surface area contributed by atoms with Crippen LogP contribution in [-0.4, -0.2) is 0 Å². The monoisotopic (exact) mass is 266 g/mol. The Morgan fingerprint density at radius 2 is 1.35 bits per heavy atom. The van der Waals surface area contributed by atoms with E-state index in [0.29, 0.717) is 11.8 Å². The molecule has 0 aliphatic heterocycles. The number of hydrogen-bond donors (Lipinski definition) is 0. The maximum absolute atomic E-state index is 2.30. The van der Waals surface area contributed by atoms with E-state index in [1.165, 1.54) is 33.4 Å². The minimum absolute atomic E-state index is 0.546. The zero-order valence-electron chi connectivity index (χ0n) is 13.6. The molecule has 0 saturated carbocycles. The molecule has 0 aromatic heterocycles. The van der Waals surface area contributed by atoms with Crippen molar-refractivity contribution in [2.75, 3.05) is 0 Å². The van der Waals surface area contributed by atoms with Crippen LogP contribution in [0.5, 0.6) is 0 Å². The molecule has 0 bridgehead atoms. The zero-order chi connectivity index (χ0) is 14.9. The van der Waals surface area contributed by atoms with E-state index in [0.717, 1.165) is 0 Å². The second-order valence-electron chi connectivity index (χ2n) is 6.49. The molecule has 0 nitrogen and oxygen atoms in total. The molecular formula is C20H26. The molecule has 106 valence electrons. The van der Waals surface area contributed by atoms with Crippen LogP contribution in [0.2, 0.25) is 0 Å². The molecule has 0 N–H and O–H groups in total. The zero-order valence-corrected chi connectivity index (χ0v) is 13.6. The molecule has 2 aromatic carbocycles. The molecule has 0 heterocycles. The van der Waals surface area contributed by atoms with Gasteiger partial charge in [-0.3, -0.25) is 0 Å². The lowest BCUT2D eigenvalue weighted by atomic mass is 9.84. The Hall–Kier alpha value is -1.56. The topological polar surface area (TPSA) is 0 Å². The highest BCUT2D eigenvalue weighted by Crippen LogP contribution is 2.35. The van der Waals surface area contributed by atoms with Crippen molar-refractivity contribution in [1.82, 2.24) is 0 Å². The largest absolute Gasteiger partial charge is 0.0613 e. The molecule has 0 radical (unpaired) electrons. The minimum atomic E-state index is 0.546. The van der Waals surface area contributed by atoms with E-state index in [1.807, 2.05) is 0 Å². The molecular weight excluding hydrogens is 240 g/mol. The van der Waals surface area contributed by atoms with Gasteiger partial charge in [-0.05, 0) is 47.9 Å². The third-order valence-corrected chi connectivity index (χ3v) is 3.87. The Bertz CT molecular complexity index is 583. The molecule has 0 heteroatoms. The lowest BCUT2D eigenvalue weighted by Gasteiger charge is -2.21. The summed E-state index contributed by atoms with van der Waals surface area (Å²) in [5.74, 6) is 1.11. The van der Waals surface area contributed by atoms with Gasteiger partial charge in [0.25, 0.3) is 0 Å². The molecule has 0 saturated heterocycles. The van der Waals surface area contributed by atoms with Gasteiger partial charge in [0.2, 0.25) is 0 Å². The summed E-state index contributed by atoms with van der Waals surface area (Å²) >= 11 is 0.